The molecule has 27 heavy (non-hydrogen) atoms. The number of benzene rings is 2. The molecular formula is C22H19BN3O. The molecule has 0 N–H and O–H groups in total. The summed E-state index contributed by atoms with van der Waals surface area (Å²) in [5, 5.41) is 7.68. The van der Waals surface area contributed by atoms with Gasteiger partial charge in [0.25, 0.3) is 0 Å². The van der Waals surface area contributed by atoms with Gasteiger partial charge in [0.2, 0.25) is 12.3 Å². The Labute approximate surface area is 159 Å². The minimum absolute atomic E-state index is 0.128. The molecule has 0 aliphatic rings. The number of nitrogens with zero attached hydrogens (tertiary/aromatic N) is 3. The maximum Gasteiger partial charge on any atom is 0.247 e. The molecule has 0 bridgehead atoms. The molecule has 131 valence electrons. The molecule has 0 aliphatic heterocycles. The molecule has 0 aliphatic carbocycles. The zero-order valence-electron chi connectivity index (χ0n) is 15.3. The number of hydrogen-bond acceptors (Lipinski definition) is 4. The van der Waals surface area contributed by atoms with E-state index in [-0.39, 0.29) is 5.31 Å². The molecule has 0 fully saturated rings. The van der Waals surface area contributed by atoms with E-state index in [9.17, 15) is 0 Å². The molecule has 2 heterocycles. The molecule has 0 atom stereocenters. The Hall–Kier alpha value is -3.21. The van der Waals surface area contributed by atoms with Crippen LogP contribution in [0.1, 0.15) is 19.4 Å². The summed E-state index contributed by atoms with van der Waals surface area (Å²) in [6.07, 6.45) is 3.15. The molecule has 1 radical (unpaired) electrons. The van der Waals surface area contributed by atoms with Gasteiger partial charge in [-0.2, -0.15) is 0 Å². The Balaban J connectivity index is 1.78. The molecule has 4 aromatic rings. The zero-order chi connectivity index (χ0) is 18.7. The van der Waals surface area contributed by atoms with Crippen LogP contribution in [0.2, 0.25) is 0 Å². The molecular weight excluding hydrogens is 333 g/mol. The van der Waals surface area contributed by atoms with Crippen LogP contribution in [0.3, 0.4) is 0 Å². The Morgan fingerprint density at radius 1 is 0.926 bits per heavy atom. The van der Waals surface area contributed by atoms with Crippen molar-refractivity contribution in [2.24, 2.45) is 0 Å². The average Bonchev–Trinajstić information content (AvgIpc) is 3.24. The van der Waals surface area contributed by atoms with Crippen molar-refractivity contribution in [2.75, 3.05) is 0 Å². The summed E-state index contributed by atoms with van der Waals surface area (Å²) in [5.41, 5.74) is 5.20. The smallest absolute Gasteiger partial charge is 0.247 e. The summed E-state index contributed by atoms with van der Waals surface area (Å²) >= 11 is 0. The van der Waals surface area contributed by atoms with Crippen molar-refractivity contribution in [1.82, 2.24) is 15.2 Å². The quantitative estimate of drug-likeness (QED) is 0.508. The SMILES string of the molecule is CC(C)([B]c1ccc(-c2nnco2)cc1-c1ccccn1)c1ccccc1. The summed E-state index contributed by atoms with van der Waals surface area (Å²) in [6.45, 7) is 4.44. The molecule has 0 spiro atoms. The second-order valence-electron chi connectivity index (χ2n) is 6.99. The van der Waals surface area contributed by atoms with Gasteiger partial charge in [-0.1, -0.05) is 61.8 Å². The first kappa shape index (κ1) is 17.2. The average molecular weight is 352 g/mol. The second kappa shape index (κ2) is 7.19. The second-order valence-corrected chi connectivity index (χ2v) is 6.99. The number of pyridine rings is 1. The van der Waals surface area contributed by atoms with Crippen molar-refractivity contribution >= 4 is 12.7 Å². The van der Waals surface area contributed by atoms with Gasteiger partial charge in [0, 0.05) is 11.8 Å². The maximum absolute atomic E-state index is 5.37. The highest BCUT2D eigenvalue weighted by Crippen LogP contribution is 2.26. The van der Waals surface area contributed by atoms with Crippen LogP contribution in [0.5, 0.6) is 0 Å². The molecule has 0 amide bonds. The summed E-state index contributed by atoms with van der Waals surface area (Å²) < 4.78 is 5.37. The lowest BCUT2D eigenvalue weighted by Crippen LogP contribution is -2.35. The van der Waals surface area contributed by atoms with Crippen LogP contribution < -0.4 is 5.46 Å². The Morgan fingerprint density at radius 2 is 1.74 bits per heavy atom. The fourth-order valence-corrected chi connectivity index (χ4v) is 3.20. The standard InChI is InChI=1S/C22H19BN3O/c1-22(2,17-8-4-3-5-9-17)23-19-12-11-16(21-26-25-15-27-21)14-18(19)20-10-6-7-13-24-20/h3-15H,1-2H3. The third kappa shape index (κ3) is 3.67. The summed E-state index contributed by atoms with van der Waals surface area (Å²) in [7, 11) is 2.28. The van der Waals surface area contributed by atoms with Gasteiger partial charge < -0.3 is 4.42 Å². The molecule has 5 heteroatoms. The molecule has 2 aromatic carbocycles. The first-order valence-corrected chi connectivity index (χ1v) is 8.87. The third-order valence-corrected chi connectivity index (χ3v) is 4.64. The van der Waals surface area contributed by atoms with Crippen LogP contribution in [0, 0.1) is 0 Å². The van der Waals surface area contributed by atoms with Crippen molar-refractivity contribution in [3.63, 3.8) is 0 Å². The summed E-state index contributed by atoms with van der Waals surface area (Å²) in [6, 6.07) is 22.6. The zero-order valence-corrected chi connectivity index (χ0v) is 15.3. The largest absolute Gasteiger partial charge is 0.423 e. The van der Waals surface area contributed by atoms with E-state index in [1.807, 2.05) is 30.3 Å². The van der Waals surface area contributed by atoms with Crippen LogP contribution in [0.15, 0.2) is 83.7 Å². The van der Waals surface area contributed by atoms with Crippen LogP contribution >= 0.6 is 0 Å². The topological polar surface area (TPSA) is 51.8 Å². The van der Waals surface area contributed by atoms with Gasteiger partial charge >= 0.3 is 0 Å². The Kier molecular flexibility index (Phi) is 4.59. The first-order chi connectivity index (χ1) is 13.1. The van der Waals surface area contributed by atoms with E-state index < -0.39 is 0 Å². The third-order valence-electron chi connectivity index (χ3n) is 4.64. The van der Waals surface area contributed by atoms with Crippen molar-refractivity contribution in [2.45, 2.75) is 19.2 Å². The van der Waals surface area contributed by atoms with E-state index in [2.05, 4.69) is 72.7 Å². The lowest BCUT2D eigenvalue weighted by Gasteiger charge is -2.26. The van der Waals surface area contributed by atoms with Crippen molar-refractivity contribution in [3.8, 4) is 22.7 Å². The van der Waals surface area contributed by atoms with Gasteiger partial charge in [0.15, 0.2) is 7.28 Å². The number of hydrogen-bond donors (Lipinski definition) is 0. The fourth-order valence-electron chi connectivity index (χ4n) is 3.20. The van der Waals surface area contributed by atoms with E-state index in [1.54, 1.807) is 6.20 Å². The Bertz CT molecular complexity index is 1020. The molecule has 2 aromatic heterocycles. The van der Waals surface area contributed by atoms with Gasteiger partial charge in [0.05, 0.1) is 5.69 Å². The lowest BCUT2D eigenvalue weighted by molar-refractivity contribution is 0.568. The van der Waals surface area contributed by atoms with Crippen molar-refractivity contribution in [1.29, 1.82) is 0 Å². The summed E-state index contributed by atoms with van der Waals surface area (Å²) in [4.78, 5) is 4.55. The number of aromatic nitrogens is 3. The minimum atomic E-state index is -0.128. The Morgan fingerprint density at radius 3 is 2.44 bits per heavy atom. The van der Waals surface area contributed by atoms with Gasteiger partial charge in [-0.25, -0.2) is 0 Å². The van der Waals surface area contributed by atoms with Crippen LogP contribution in [-0.4, -0.2) is 22.5 Å². The minimum Gasteiger partial charge on any atom is -0.423 e. The molecule has 0 saturated carbocycles. The fraction of sp³-hybridized carbons (Fsp3) is 0.136. The van der Waals surface area contributed by atoms with E-state index in [0.29, 0.717) is 5.89 Å². The summed E-state index contributed by atoms with van der Waals surface area (Å²) in [5.74, 6) is 0.501. The monoisotopic (exact) mass is 352 g/mol. The highest BCUT2D eigenvalue weighted by atomic mass is 16.4. The normalized spacial score (nSPS) is 11.3. The molecule has 4 nitrogen and oxygen atoms in total. The highest BCUT2D eigenvalue weighted by Gasteiger charge is 2.24. The molecule has 4 rings (SSSR count). The van der Waals surface area contributed by atoms with Gasteiger partial charge in [0.1, 0.15) is 0 Å². The highest BCUT2D eigenvalue weighted by molar-refractivity contribution is 6.58. The van der Waals surface area contributed by atoms with Crippen molar-refractivity contribution in [3.05, 3.63) is 84.9 Å². The van der Waals surface area contributed by atoms with Gasteiger partial charge in [-0.05, 0) is 40.7 Å². The molecule has 0 saturated heterocycles. The van der Waals surface area contributed by atoms with Crippen LogP contribution in [0.4, 0.5) is 0 Å². The van der Waals surface area contributed by atoms with Crippen LogP contribution in [0.25, 0.3) is 22.7 Å². The lowest BCUT2D eigenvalue weighted by atomic mass is 9.47. The van der Waals surface area contributed by atoms with Gasteiger partial charge in [-0.15, -0.1) is 10.2 Å². The van der Waals surface area contributed by atoms with Crippen LogP contribution in [-0.2, 0) is 5.31 Å². The van der Waals surface area contributed by atoms with Crippen molar-refractivity contribution < 1.29 is 4.42 Å². The number of rotatable bonds is 5. The predicted molar refractivity (Wildman–Crippen MR) is 108 cm³/mol. The van der Waals surface area contributed by atoms with E-state index in [0.717, 1.165) is 22.3 Å². The van der Waals surface area contributed by atoms with E-state index in [4.69, 9.17) is 4.42 Å². The maximum atomic E-state index is 5.37. The van der Waals surface area contributed by atoms with E-state index in [1.165, 1.54) is 12.0 Å². The van der Waals surface area contributed by atoms with E-state index >= 15 is 0 Å². The molecule has 0 unspecified atom stereocenters. The first-order valence-electron chi connectivity index (χ1n) is 8.87. The predicted octanol–water partition coefficient (Wildman–Crippen LogP) is 4.06. The van der Waals surface area contributed by atoms with Gasteiger partial charge in [-0.3, -0.25) is 4.98 Å².